The molecule has 0 unspecified atom stereocenters. The molecule has 0 bridgehead atoms. The van der Waals surface area contributed by atoms with Gasteiger partial charge in [-0.3, -0.25) is 0 Å². The van der Waals surface area contributed by atoms with Crippen LogP contribution < -0.4 is 4.90 Å². The van der Waals surface area contributed by atoms with Gasteiger partial charge in [0.25, 0.3) is 0 Å². The lowest BCUT2D eigenvalue weighted by atomic mass is 9.94. The van der Waals surface area contributed by atoms with E-state index in [2.05, 4.69) is 205 Å². The molecule has 2 heteroatoms. The van der Waals surface area contributed by atoms with Crippen molar-refractivity contribution in [1.29, 1.82) is 0 Å². The summed E-state index contributed by atoms with van der Waals surface area (Å²) in [6.07, 6.45) is 0. The fourth-order valence-electron chi connectivity index (χ4n) is 8.44. The summed E-state index contributed by atoms with van der Waals surface area (Å²) in [6.45, 7) is 0. The Kier molecular flexibility index (Phi) is 7.53. The molecule has 0 N–H and O–H groups in total. The van der Waals surface area contributed by atoms with E-state index in [1.807, 2.05) is 12.1 Å². The minimum absolute atomic E-state index is 0.901. The first-order valence-electron chi connectivity index (χ1n) is 19.2. The first-order chi connectivity index (χ1) is 27.7. The van der Waals surface area contributed by atoms with Crippen LogP contribution in [-0.4, -0.2) is 0 Å². The fraction of sp³-hybridized carbons (Fsp3) is 0. The molecule has 0 aliphatic carbocycles. The first kappa shape index (κ1) is 32.0. The Balaban J connectivity index is 1.03. The first-order valence-corrected chi connectivity index (χ1v) is 19.2. The van der Waals surface area contributed by atoms with Crippen LogP contribution in [0.25, 0.3) is 87.6 Å². The molecule has 0 fully saturated rings. The van der Waals surface area contributed by atoms with Crippen molar-refractivity contribution in [3.05, 3.63) is 212 Å². The Morgan fingerprint density at radius 1 is 0.268 bits per heavy atom. The standard InChI is InChI=1S/C54H35NO/c1-2-10-36(11-3-1)41-13-8-15-46(32-41)55(47-16-9-14-42(33-47)44-28-31-53-51(35-44)49-18-6-7-19-52(49)56-53)45-29-26-37(27-30-45)43-25-22-39-21-24-40-23-20-38-12-4-5-17-48(38)54(40)50(39)34-43/h1-35H. The van der Waals surface area contributed by atoms with Crippen LogP contribution in [0, 0.1) is 0 Å². The Morgan fingerprint density at radius 3 is 1.55 bits per heavy atom. The number of nitrogens with zero attached hydrogens (tertiary/aromatic N) is 1. The molecular weight excluding hydrogens is 679 g/mol. The summed E-state index contributed by atoms with van der Waals surface area (Å²) in [5.74, 6) is 0. The van der Waals surface area contributed by atoms with E-state index in [1.165, 1.54) is 54.6 Å². The molecule has 11 aromatic rings. The second-order valence-corrected chi connectivity index (χ2v) is 14.5. The molecule has 0 amide bonds. The van der Waals surface area contributed by atoms with Crippen LogP contribution in [0.1, 0.15) is 0 Å². The normalized spacial score (nSPS) is 11.6. The van der Waals surface area contributed by atoms with Gasteiger partial charge in [-0.15, -0.1) is 0 Å². The third-order valence-corrected chi connectivity index (χ3v) is 11.2. The van der Waals surface area contributed by atoms with Crippen molar-refractivity contribution in [3.8, 4) is 33.4 Å². The number of para-hydroxylation sites is 1. The molecule has 0 spiro atoms. The zero-order valence-corrected chi connectivity index (χ0v) is 30.6. The maximum absolute atomic E-state index is 6.16. The van der Waals surface area contributed by atoms with Crippen LogP contribution in [0.2, 0.25) is 0 Å². The molecule has 0 saturated carbocycles. The number of benzene rings is 10. The van der Waals surface area contributed by atoms with E-state index in [1.54, 1.807) is 0 Å². The lowest BCUT2D eigenvalue weighted by molar-refractivity contribution is 0.669. The van der Waals surface area contributed by atoms with Gasteiger partial charge in [-0.1, -0.05) is 152 Å². The molecule has 1 heterocycles. The van der Waals surface area contributed by atoms with E-state index in [0.717, 1.165) is 50.1 Å². The largest absolute Gasteiger partial charge is 0.456 e. The summed E-state index contributed by atoms with van der Waals surface area (Å²) >= 11 is 0. The van der Waals surface area contributed by atoms with Gasteiger partial charge in [-0.2, -0.15) is 0 Å². The molecule has 1 aromatic heterocycles. The highest BCUT2D eigenvalue weighted by molar-refractivity contribution is 6.20. The second kappa shape index (κ2) is 13.2. The molecular formula is C54H35NO. The number of fused-ring (bicyclic) bond motifs is 8. The third kappa shape index (κ3) is 5.51. The predicted octanol–water partition coefficient (Wildman–Crippen LogP) is 15.5. The van der Waals surface area contributed by atoms with Crippen molar-refractivity contribution in [2.45, 2.75) is 0 Å². The number of anilines is 3. The average Bonchev–Trinajstić information content (AvgIpc) is 3.65. The van der Waals surface area contributed by atoms with Crippen LogP contribution in [-0.2, 0) is 0 Å². The van der Waals surface area contributed by atoms with Crippen LogP contribution in [0.5, 0.6) is 0 Å². The summed E-state index contributed by atoms with van der Waals surface area (Å²) in [4.78, 5) is 2.37. The summed E-state index contributed by atoms with van der Waals surface area (Å²) < 4.78 is 6.16. The Labute approximate surface area is 325 Å². The molecule has 0 aliphatic rings. The zero-order valence-electron chi connectivity index (χ0n) is 30.6. The minimum atomic E-state index is 0.901. The van der Waals surface area contributed by atoms with Gasteiger partial charge in [0.05, 0.1) is 0 Å². The lowest BCUT2D eigenvalue weighted by Gasteiger charge is -2.27. The van der Waals surface area contributed by atoms with Gasteiger partial charge >= 0.3 is 0 Å². The predicted molar refractivity (Wildman–Crippen MR) is 237 cm³/mol. The summed E-state index contributed by atoms with van der Waals surface area (Å²) in [6, 6.07) is 76.6. The Bertz CT molecular complexity index is 3240. The SMILES string of the molecule is c1ccc(-c2cccc(N(c3ccc(-c4ccc5ccc6ccc7ccccc7c6c5c4)cc3)c3cccc(-c4ccc5oc6ccccc6c5c4)c3)c2)cc1. The van der Waals surface area contributed by atoms with Crippen molar-refractivity contribution >= 4 is 71.3 Å². The van der Waals surface area contributed by atoms with Crippen LogP contribution in [0.3, 0.4) is 0 Å². The molecule has 56 heavy (non-hydrogen) atoms. The second-order valence-electron chi connectivity index (χ2n) is 14.5. The van der Waals surface area contributed by atoms with E-state index < -0.39 is 0 Å². The van der Waals surface area contributed by atoms with Gasteiger partial charge in [0.15, 0.2) is 0 Å². The van der Waals surface area contributed by atoms with Crippen molar-refractivity contribution in [3.63, 3.8) is 0 Å². The summed E-state index contributed by atoms with van der Waals surface area (Å²) in [5, 5.41) is 9.91. The summed E-state index contributed by atoms with van der Waals surface area (Å²) in [5.41, 5.74) is 12.1. The van der Waals surface area contributed by atoms with Gasteiger partial charge in [-0.05, 0) is 126 Å². The Morgan fingerprint density at radius 2 is 0.768 bits per heavy atom. The van der Waals surface area contributed by atoms with E-state index in [4.69, 9.17) is 4.42 Å². The monoisotopic (exact) mass is 713 g/mol. The molecule has 0 saturated heterocycles. The highest BCUT2D eigenvalue weighted by Crippen LogP contribution is 2.41. The van der Waals surface area contributed by atoms with E-state index >= 15 is 0 Å². The smallest absolute Gasteiger partial charge is 0.135 e. The van der Waals surface area contributed by atoms with Crippen LogP contribution >= 0.6 is 0 Å². The van der Waals surface area contributed by atoms with E-state index in [0.29, 0.717) is 0 Å². The number of rotatable bonds is 6. The maximum Gasteiger partial charge on any atom is 0.135 e. The van der Waals surface area contributed by atoms with Crippen molar-refractivity contribution in [1.82, 2.24) is 0 Å². The molecule has 11 rings (SSSR count). The number of hydrogen-bond acceptors (Lipinski definition) is 2. The lowest BCUT2D eigenvalue weighted by Crippen LogP contribution is -2.10. The van der Waals surface area contributed by atoms with E-state index in [9.17, 15) is 0 Å². The Hall–Kier alpha value is -7.42. The molecule has 0 aliphatic heterocycles. The number of hydrogen-bond donors (Lipinski definition) is 0. The van der Waals surface area contributed by atoms with Gasteiger partial charge < -0.3 is 9.32 Å². The van der Waals surface area contributed by atoms with Gasteiger partial charge in [-0.25, -0.2) is 0 Å². The van der Waals surface area contributed by atoms with Gasteiger partial charge in [0.1, 0.15) is 11.2 Å². The van der Waals surface area contributed by atoms with Crippen LogP contribution in [0.4, 0.5) is 17.1 Å². The average molecular weight is 714 g/mol. The molecule has 2 nitrogen and oxygen atoms in total. The highest BCUT2D eigenvalue weighted by Gasteiger charge is 2.16. The molecule has 0 radical (unpaired) electrons. The highest BCUT2D eigenvalue weighted by atomic mass is 16.3. The van der Waals surface area contributed by atoms with Crippen molar-refractivity contribution in [2.75, 3.05) is 4.90 Å². The van der Waals surface area contributed by atoms with E-state index in [-0.39, 0.29) is 0 Å². The maximum atomic E-state index is 6.16. The summed E-state index contributed by atoms with van der Waals surface area (Å²) in [7, 11) is 0. The molecule has 262 valence electrons. The van der Waals surface area contributed by atoms with Crippen molar-refractivity contribution < 1.29 is 4.42 Å². The fourth-order valence-corrected chi connectivity index (χ4v) is 8.44. The minimum Gasteiger partial charge on any atom is -0.456 e. The van der Waals surface area contributed by atoms with Gasteiger partial charge in [0, 0.05) is 27.8 Å². The third-order valence-electron chi connectivity index (χ3n) is 11.2. The number of furan rings is 1. The van der Waals surface area contributed by atoms with Crippen molar-refractivity contribution in [2.24, 2.45) is 0 Å². The van der Waals surface area contributed by atoms with Gasteiger partial charge in [0.2, 0.25) is 0 Å². The molecule has 0 atom stereocenters. The molecule has 10 aromatic carbocycles. The topological polar surface area (TPSA) is 16.4 Å². The zero-order chi connectivity index (χ0) is 37.0. The quantitative estimate of drug-likeness (QED) is 0.160. The van der Waals surface area contributed by atoms with Crippen LogP contribution in [0.15, 0.2) is 217 Å².